The fraction of sp³-hybridized carbons (Fsp3) is 0.207. The number of benzene rings is 3. The van der Waals surface area contributed by atoms with Gasteiger partial charge in [0.05, 0.1) is 6.61 Å². The number of aryl methyl sites for hydroxylation is 1. The van der Waals surface area contributed by atoms with Crippen LogP contribution >= 0.6 is 0 Å². The number of hydrogen-bond acceptors (Lipinski definition) is 5. The minimum atomic E-state index is -1.37. The van der Waals surface area contributed by atoms with Crippen LogP contribution in [-0.2, 0) is 28.0 Å². The Hall–Kier alpha value is -4.19. The standard InChI is InChI=1S/C29H26N2O4/c1-3-34-28(33)29(18-23-17-26(30-35-23)22-15-13-20(2)14-16-22)25-12-8-7-11-24(25)27(32)31(29)19-21-9-5-4-6-10-21/h4-17H,3,18-19H2,1-2H3. The van der Waals surface area contributed by atoms with E-state index < -0.39 is 11.5 Å². The number of rotatable bonds is 7. The molecule has 0 aliphatic carbocycles. The van der Waals surface area contributed by atoms with Crippen molar-refractivity contribution in [2.75, 3.05) is 6.61 Å². The summed E-state index contributed by atoms with van der Waals surface area (Å²) in [6.07, 6.45) is 0.111. The highest BCUT2D eigenvalue weighted by atomic mass is 16.5. The highest BCUT2D eigenvalue weighted by molar-refractivity contribution is 6.06. The van der Waals surface area contributed by atoms with Crippen LogP contribution in [0.25, 0.3) is 11.3 Å². The third kappa shape index (κ3) is 4.01. The van der Waals surface area contributed by atoms with E-state index in [9.17, 15) is 9.59 Å². The lowest BCUT2D eigenvalue weighted by Gasteiger charge is -2.36. The summed E-state index contributed by atoms with van der Waals surface area (Å²) in [6, 6.07) is 26.7. The van der Waals surface area contributed by atoms with E-state index in [0.717, 1.165) is 16.7 Å². The van der Waals surface area contributed by atoms with Gasteiger partial charge in [0.1, 0.15) is 11.5 Å². The molecule has 1 unspecified atom stereocenters. The van der Waals surface area contributed by atoms with E-state index in [4.69, 9.17) is 9.26 Å². The molecular formula is C29H26N2O4. The van der Waals surface area contributed by atoms with Crippen LogP contribution in [0.1, 0.15) is 39.7 Å². The van der Waals surface area contributed by atoms with Crippen molar-refractivity contribution in [3.05, 3.63) is 113 Å². The average molecular weight is 467 g/mol. The first-order valence-corrected chi connectivity index (χ1v) is 11.7. The number of aromatic nitrogens is 1. The molecule has 0 radical (unpaired) electrons. The van der Waals surface area contributed by atoms with Gasteiger partial charge in [0.25, 0.3) is 5.91 Å². The van der Waals surface area contributed by atoms with Crippen LogP contribution < -0.4 is 0 Å². The van der Waals surface area contributed by atoms with Crippen LogP contribution in [0, 0.1) is 6.92 Å². The Labute approximate surface area is 204 Å². The summed E-state index contributed by atoms with van der Waals surface area (Å²) >= 11 is 0. The Kier molecular flexibility index (Phi) is 5.95. The largest absolute Gasteiger partial charge is 0.464 e. The Morgan fingerprint density at radius 1 is 1.00 bits per heavy atom. The summed E-state index contributed by atoms with van der Waals surface area (Å²) in [4.78, 5) is 29.0. The quantitative estimate of drug-likeness (QED) is 0.345. The first kappa shape index (κ1) is 22.6. The molecule has 0 bridgehead atoms. The number of carbonyl (C=O) groups is 2. The van der Waals surface area contributed by atoms with Crippen molar-refractivity contribution in [3.8, 4) is 11.3 Å². The van der Waals surface area contributed by atoms with E-state index >= 15 is 0 Å². The van der Waals surface area contributed by atoms with Gasteiger partial charge in [0.2, 0.25) is 0 Å². The molecule has 35 heavy (non-hydrogen) atoms. The molecule has 1 atom stereocenters. The first-order chi connectivity index (χ1) is 17.0. The van der Waals surface area contributed by atoms with Gasteiger partial charge < -0.3 is 14.2 Å². The van der Waals surface area contributed by atoms with E-state index in [1.54, 1.807) is 17.9 Å². The summed E-state index contributed by atoms with van der Waals surface area (Å²) in [5, 5.41) is 4.25. The molecule has 0 saturated carbocycles. The van der Waals surface area contributed by atoms with E-state index in [1.165, 1.54) is 0 Å². The van der Waals surface area contributed by atoms with Crippen molar-refractivity contribution in [2.45, 2.75) is 32.4 Å². The zero-order valence-electron chi connectivity index (χ0n) is 19.7. The number of fused-ring (bicyclic) bond motifs is 1. The van der Waals surface area contributed by atoms with Crippen LogP contribution in [0.15, 0.2) is 89.5 Å². The molecule has 176 valence electrons. The van der Waals surface area contributed by atoms with E-state index in [-0.39, 0.29) is 25.5 Å². The van der Waals surface area contributed by atoms with Gasteiger partial charge in [-0.3, -0.25) is 4.79 Å². The number of esters is 1. The van der Waals surface area contributed by atoms with E-state index in [2.05, 4.69) is 5.16 Å². The number of ether oxygens (including phenoxy) is 1. The topological polar surface area (TPSA) is 72.6 Å². The maximum absolute atomic E-state index is 13.7. The van der Waals surface area contributed by atoms with Gasteiger partial charge >= 0.3 is 5.97 Å². The van der Waals surface area contributed by atoms with Crippen molar-refractivity contribution in [1.82, 2.24) is 10.1 Å². The molecule has 0 spiro atoms. The van der Waals surface area contributed by atoms with Gasteiger partial charge in [-0.05, 0) is 25.5 Å². The van der Waals surface area contributed by atoms with Crippen molar-refractivity contribution in [2.24, 2.45) is 0 Å². The van der Waals surface area contributed by atoms with Gasteiger partial charge in [-0.15, -0.1) is 0 Å². The lowest BCUT2D eigenvalue weighted by atomic mass is 9.85. The van der Waals surface area contributed by atoms with Crippen molar-refractivity contribution >= 4 is 11.9 Å². The smallest absolute Gasteiger partial charge is 0.337 e. The van der Waals surface area contributed by atoms with Gasteiger partial charge in [0.15, 0.2) is 5.54 Å². The highest BCUT2D eigenvalue weighted by Crippen LogP contribution is 2.44. The second-order valence-corrected chi connectivity index (χ2v) is 8.72. The summed E-state index contributed by atoms with van der Waals surface area (Å²) in [7, 11) is 0. The molecule has 1 amide bonds. The molecule has 1 aliphatic rings. The second-order valence-electron chi connectivity index (χ2n) is 8.72. The summed E-state index contributed by atoms with van der Waals surface area (Å²) in [5.41, 5.74) is 3.40. The van der Waals surface area contributed by atoms with Crippen LogP contribution in [0.2, 0.25) is 0 Å². The van der Waals surface area contributed by atoms with Crippen LogP contribution in [0.4, 0.5) is 0 Å². The Balaban J connectivity index is 1.61. The molecule has 1 aliphatic heterocycles. The number of carbonyl (C=O) groups excluding carboxylic acids is 2. The predicted molar refractivity (Wildman–Crippen MR) is 131 cm³/mol. The first-order valence-electron chi connectivity index (χ1n) is 11.7. The lowest BCUT2D eigenvalue weighted by molar-refractivity contribution is -0.157. The molecule has 3 aromatic carbocycles. The van der Waals surface area contributed by atoms with Crippen molar-refractivity contribution in [3.63, 3.8) is 0 Å². The Morgan fingerprint density at radius 2 is 1.71 bits per heavy atom. The molecule has 6 heteroatoms. The molecular weight excluding hydrogens is 440 g/mol. The summed E-state index contributed by atoms with van der Waals surface area (Å²) in [5.74, 6) is -0.200. The van der Waals surface area contributed by atoms with Crippen molar-refractivity contribution < 1.29 is 18.8 Å². The molecule has 5 rings (SSSR count). The average Bonchev–Trinajstić information content (AvgIpc) is 3.43. The number of nitrogens with zero attached hydrogens (tertiary/aromatic N) is 2. The second kappa shape index (κ2) is 9.22. The molecule has 0 fully saturated rings. The molecule has 0 N–H and O–H groups in total. The molecule has 1 aromatic heterocycles. The third-order valence-electron chi connectivity index (χ3n) is 6.44. The molecule has 4 aromatic rings. The predicted octanol–water partition coefficient (Wildman–Crippen LogP) is 5.31. The van der Waals surface area contributed by atoms with Crippen LogP contribution in [-0.4, -0.2) is 28.5 Å². The molecule has 0 saturated heterocycles. The van der Waals surface area contributed by atoms with E-state index in [1.807, 2.05) is 85.8 Å². The van der Waals surface area contributed by atoms with E-state index in [0.29, 0.717) is 22.6 Å². The SMILES string of the molecule is CCOC(=O)C1(Cc2cc(-c3ccc(C)cc3)no2)c2ccccc2C(=O)N1Cc1ccccc1. The van der Waals surface area contributed by atoms with Gasteiger partial charge in [-0.2, -0.15) is 0 Å². The Morgan fingerprint density at radius 3 is 2.46 bits per heavy atom. The Bertz CT molecular complexity index is 1360. The molecule has 2 heterocycles. The minimum absolute atomic E-state index is 0.111. The van der Waals surface area contributed by atoms with Gasteiger partial charge in [-0.1, -0.05) is 83.5 Å². The lowest BCUT2D eigenvalue weighted by Crippen LogP contribution is -2.51. The minimum Gasteiger partial charge on any atom is -0.464 e. The van der Waals surface area contributed by atoms with Crippen LogP contribution in [0.5, 0.6) is 0 Å². The summed E-state index contributed by atoms with van der Waals surface area (Å²) in [6.45, 7) is 4.24. The van der Waals surface area contributed by atoms with Crippen molar-refractivity contribution in [1.29, 1.82) is 0 Å². The number of hydrogen-bond donors (Lipinski definition) is 0. The molecule has 6 nitrogen and oxygen atoms in total. The normalized spacial score (nSPS) is 16.9. The zero-order chi connectivity index (χ0) is 24.4. The zero-order valence-corrected chi connectivity index (χ0v) is 19.7. The third-order valence-corrected chi connectivity index (χ3v) is 6.44. The highest BCUT2D eigenvalue weighted by Gasteiger charge is 2.56. The fourth-order valence-corrected chi connectivity index (χ4v) is 4.71. The summed E-state index contributed by atoms with van der Waals surface area (Å²) < 4.78 is 11.3. The maximum Gasteiger partial charge on any atom is 0.337 e. The maximum atomic E-state index is 13.7. The fourth-order valence-electron chi connectivity index (χ4n) is 4.71. The monoisotopic (exact) mass is 466 g/mol. The van der Waals surface area contributed by atoms with Crippen LogP contribution in [0.3, 0.4) is 0 Å². The number of amides is 1. The van der Waals surface area contributed by atoms with Gasteiger partial charge in [0, 0.05) is 35.7 Å². The van der Waals surface area contributed by atoms with Gasteiger partial charge in [-0.25, -0.2) is 4.79 Å².